The summed E-state index contributed by atoms with van der Waals surface area (Å²) >= 11 is 0. The predicted molar refractivity (Wildman–Crippen MR) is 115 cm³/mol. The first kappa shape index (κ1) is 23.1. The van der Waals surface area contributed by atoms with Crippen LogP contribution in [-0.2, 0) is 13.0 Å². The number of rotatable bonds is 9. The maximum Gasteiger partial charge on any atom is 0.191 e. The summed E-state index contributed by atoms with van der Waals surface area (Å²) in [5.41, 5.74) is 0. The number of piperidine rings is 1. The van der Waals surface area contributed by atoms with Crippen LogP contribution in [0.2, 0.25) is 0 Å². The molecule has 0 aliphatic carbocycles. The number of halogens is 1. The maximum absolute atomic E-state index is 9.54. The number of nitrogens with zero attached hydrogens (tertiary/aromatic N) is 5. The van der Waals surface area contributed by atoms with Crippen molar-refractivity contribution in [3.8, 4) is 0 Å². The molecule has 150 valence electrons. The van der Waals surface area contributed by atoms with Crippen LogP contribution in [0.25, 0.3) is 0 Å². The molecule has 1 aromatic rings. The van der Waals surface area contributed by atoms with Crippen LogP contribution < -0.4 is 10.6 Å². The Kier molecular flexibility index (Phi) is 11.8. The summed E-state index contributed by atoms with van der Waals surface area (Å²) in [7, 11) is 0. The summed E-state index contributed by atoms with van der Waals surface area (Å²) in [6, 6.07) is 0. The summed E-state index contributed by atoms with van der Waals surface area (Å²) in [6.07, 6.45) is 5.41. The summed E-state index contributed by atoms with van der Waals surface area (Å²) in [5, 5.41) is 24.3. The minimum absolute atomic E-state index is 0. The van der Waals surface area contributed by atoms with Gasteiger partial charge in [-0.1, -0.05) is 6.92 Å². The molecule has 0 spiro atoms. The van der Waals surface area contributed by atoms with Crippen molar-refractivity contribution in [1.29, 1.82) is 0 Å². The van der Waals surface area contributed by atoms with Gasteiger partial charge in [0.25, 0.3) is 0 Å². The van der Waals surface area contributed by atoms with Crippen molar-refractivity contribution in [2.75, 3.05) is 39.3 Å². The van der Waals surface area contributed by atoms with Gasteiger partial charge < -0.3 is 25.2 Å². The van der Waals surface area contributed by atoms with Crippen molar-refractivity contribution in [3.05, 3.63) is 12.2 Å². The third-order valence-electron chi connectivity index (χ3n) is 4.46. The van der Waals surface area contributed by atoms with Gasteiger partial charge in [-0.25, -0.2) is 0 Å². The number of likely N-dealkylation sites (tertiary alicyclic amines) is 1. The number of aliphatic hydroxyl groups excluding tert-OH is 1. The monoisotopic (exact) mass is 479 g/mol. The molecule has 0 aromatic carbocycles. The molecule has 2 heterocycles. The van der Waals surface area contributed by atoms with Crippen LogP contribution >= 0.6 is 24.0 Å². The fraction of sp³-hybridized carbons (Fsp3) is 0.824. The Balaban J connectivity index is 0.00000338. The van der Waals surface area contributed by atoms with Gasteiger partial charge in [0.2, 0.25) is 0 Å². The minimum atomic E-state index is -0.0993. The van der Waals surface area contributed by atoms with E-state index in [1.54, 1.807) is 6.33 Å². The molecule has 8 nitrogen and oxygen atoms in total. The lowest BCUT2D eigenvalue weighted by Gasteiger charge is -2.29. The first-order chi connectivity index (χ1) is 12.2. The van der Waals surface area contributed by atoms with Crippen LogP contribution in [0.5, 0.6) is 0 Å². The molecule has 3 N–H and O–H groups in total. The second kappa shape index (κ2) is 13.3. The largest absolute Gasteiger partial charge is 0.393 e. The number of aryl methyl sites for hydroxylation is 1. The Morgan fingerprint density at radius 1 is 1.27 bits per heavy atom. The third kappa shape index (κ3) is 8.17. The highest BCUT2D eigenvalue weighted by Gasteiger charge is 2.15. The van der Waals surface area contributed by atoms with Crippen molar-refractivity contribution in [2.24, 2.45) is 4.99 Å². The Morgan fingerprint density at radius 3 is 2.73 bits per heavy atom. The van der Waals surface area contributed by atoms with E-state index in [-0.39, 0.29) is 30.1 Å². The van der Waals surface area contributed by atoms with E-state index >= 15 is 0 Å². The summed E-state index contributed by atoms with van der Waals surface area (Å²) < 4.78 is 2.07. The second-order valence-electron chi connectivity index (χ2n) is 6.41. The molecule has 2 rings (SSSR count). The van der Waals surface area contributed by atoms with Crippen molar-refractivity contribution in [2.45, 2.75) is 52.2 Å². The molecule has 0 amide bonds. The van der Waals surface area contributed by atoms with Crippen LogP contribution in [0.3, 0.4) is 0 Å². The highest BCUT2D eigenvalue weighted by atomic mass is 127. The van der Waals surface area contributed by atoms with E-state index in [1.165, 1.54) is 0 Å². The number of aliphatic hydroxyl groups is 1. The first-order valence-corrected chi connectivity index (χ1v) is 9.52. The van der Waals surface area contributed by atoms with Crippen molar-refractivity contribution >= 4 is 29.9 Å². The zero-order valence-corrected chi connectivity index (χ0v) is 18.4. The van der Waals surface area contributed by atoms with Gasteiger partial charge in [0, 0.05) is 45.7 Å². The Hall–Kier alpha value is -0.940. The SMILES string of the molecule is CCNC(=NCCCN1CCC(O)CC1)NCCn1cnnc1CC.I. The summed E-state index contributed by atoms with van der Waals surface area (Å²) in [6.45, 7) is 10.5. The number of hydrogen-bond acceptors (Lipinski definition) is 5. The molecule has 1 aliphatic rings. The van der Waals surface area contributed by atoms with Crippen LogP contribution in [-0.4, -0.2) is 76.1 Å². The van der Waals surface area contributed by atoms with Gasteiger partial charge in [-0.3, -0.25) is 4.99 Å². The molecule has 1 fully saturated rings. The van der Waals surface area contributed by atoms with Crippen LogP contribution in [0.15, 0.2) is 11.3 Å². The number of aromatic nitrogens is 3. The van der Waals surface area contributed by atoms with Crippen molar-refractivity contribution in [1.82, 2.24) is 30.3 Å². The van der Waals surface area contributed by atoms with Gasteiger partial charge in [-0.2, -0.15) is 0 Å². The van der Waals surface area contributed by atoms with Crippen molar-refractivity contribution < 1.29 is 5.11 Å². The highest BCUT2D eigenvalue weighted by Crippen LogP contribution is 2.09. The number of hydrogen-bond donors (Lipinski definition) is 3. The standard InChI is InChI=1S/C17H33N7O.HI/c1-3-16-22-21-14-24(16)13-9-20-17(18-4-2)19-8-5-10-23-11-6-15(25)7-12-23;/h14-15,25H,3-13H2,1-2H3,(H2,18,19,20);1H. The molecule has 1 aliphatic heterocycles. The molecule has 1 aromatic heterocycles. The Morgan fingerprint density at radius 2 is 2.04 bits per heavy atom. The molecule has 0 unspecified atom stereocenters. The zero-order chi connectivity index (χ0) is 17.9. The fourth-order valence-electron chi connectivity index (χ4n) is 3.00. The van der Waals surface area contributed by atoms with Gasteiger partial charge in [0.05, 0.1) is 6.10 Å². The van der Waals surface area contributed by atoms with E-state index < -0.39 is 0 Å². The molecular formula is C17H34IN7O. The molecule has 26 heavy (non-hydrogen) atoms. The average molecular weight is 479 g/mol. The molecule has 9 heteroatoms. The molecular weight excluding hydrogens is 445 g/mol. The van der Waals surface area contributed by atoms with Crippen LogP contribution in [0.4, 0.5) is 0 Å². The van der Waals surface area contributed by atoms with Gasteiger partial charge in [0.1, 0.15) is 12.2 Å². The molecule has 1 saturated heterocycles. The molecule has 0 bridgehead atoms. The second-order valence-corrected chi connectivity index (χ2v) is 6.41. The Bertz CT molecular complexity index is 515. The first-order valence-electron chi connectivity index (χ1n) is 9.52. The van der Waals surface area contributed by atoms with E-state index in [4.69, 9.17) is 0 Å². The lowest BCUT2D eigenvalue weighted by Crippen LogP contribution is -2.39. The molecule has 0 saturated carbocycles. The van der Waals surface area contributed by atoms with Crippen LogP contribution in [0, 0.1) is 0 Å². The quantitative estimate of drug-likeness (QED) is 0.211. The fourth-order valence-corrected chi connectivity index (χ4v) is 3.00. The van der Waals surface area contributed by atoms with E-state index in [9.17, 15) is 5.11 Å². The number of guanidine groups is 1. The van der Waals surface area contributed by atoms with E-state index in [1.807, 2.05) is 0 Å². The normalized spacial score (nSPS) is 16.3. The summed E-state index contributed by atoms with van der Waals surface area (Å²) in [5.74, 6) is 1.87. The van der Waals surface area contributed by atoms with E-state index in [0.717, 1.165) is 83.3 Å². The predicted octanol–water partition coefficient (Wildman–Crippen LogP) is 0.860. The number of nitrogens with one attached hydrogen (secondary N) is 2. The third-order valence-corrected chi connectivity index (χ3v) is 4.46. The van der Waals surface area contributed by atoms with Gasteiger partial charge in [0.15, 0.2) is 5.96 Å². The minimum Gasteiger partial charge on any atom is -0.393 e. The van der Waals surface area contributed by atoms with Crippen LogP contribution in [0.1, 0.15) is 38.9 Å². The van der Waals surface area contributed by atoms with Gasteiger partial charge >= 0.3 is 0 Å². The lowest BCUT2D eigenvalue weighted by atomic mass is 10.1. The Labute approximate surface area is 173 Å². The summed E-state index contributed by atoms with van der Waals surface area (Å²) in [4.78, 5) is 7.07. The lowest BCUT2D eigenvalue weighted by molar-refractivity contribution is 0.0824. The van der Waals surface area contributed by atoms with Gasteiger partial charge in [-0.15, -0.1) is 34.2 Å². The maximum atomic E-state index is 9.54. The van der Waals surface area contributed by atoms with E-state index in [0.29, 0.717) is 0 Å². The molecule has 0 radical (unpaired) electrons. The van der Waals surface area contributed by atoms with Crippen molar-refractivity contribution in [3.63, 3.8) is 0 Å². The average Bonchev–Trinajstić information content (AvgIpc) is 3.07. The smallest absolute Gasteiger partial charge is 0.191 e. The topological polar surface area (TPSA) is 90.6 Å². The number of aliphatic imine (C=N–C) groups is 1. The van der Waals surface area contributed by atoms with Gasteiger partial charge in [-0.05, 0) is 32.7 Å². The highest BCUT2D eigenvalue weighted by molar-refractivity contribution is 14.0. The zero-order valence-electron chi connectivity index (χ0n) is 16.0. The van der Waals surface area contributed by atoms with E-state index in [2.05, 4.69) is 49.1 Å². The molecule has 0 atom stereocenters.